The highest BCUT2D eigenvalue weighted by Gasteiger charge is 1.98. The van der Waals surface area contributed by atoms with Gasteiger partial charge >= 0.3 is 0 Å². The Labute approximate surface area is 96.0 Å². The lowest BCUT2D eigenvalue weighted by atomic mass is 10.1. The molecule has 3 heteroatoms. The van der Waals surface area contributed by atoms with Crippen LogP contribution >= 0.6 is 11.6 Å². The number of aromatic nitrogens is 2. The van der Waals surface area contributed by atoms with Gasteiger partial charge in [0.15, 0.2) is 0 Å². The molecule has 0 N–H and O–H groups in total. The number of hydrogen-bond donors (Lipinski definition) is 0. The van der Waals surface area contributed by atoms with Crippen LogP contribution in [0.1, 0.15) is 19.5 Å². The van der Waals surface area contributed by atoms with E-state index in [9.17, 15) is 0 Å². The van der Waals surface area contributed by atoms with Gasteiger partial charge in [-0.2, -0.15) is 0 Å². The zero-order chi connectivity index (χ0) is 11.7. The molecule has 0 aromatic carbocycles. The summed E-state index contributed by atoms with van der Waals surface area (Å²) in [4.78, 5) is 7.81. The number of rotatable bonds is 3. The first-order chi connectivity index (χ1) is 7.27. The van der Waals surface area contributed by atoms with Crippen LogP contribution in [0.15, 0.2) is 43.6 Å². The van der Waals surface area contributed by atoms with Crippen LogP contribution in [0.3, 0.4) is 0 Å². The maximum atomic E-state index is 5.64. The molecule has 0 saturated carbocycles. The average molecular weight is 223 g/mol. The van der Waals surface area contributed by atoms with Gasteiger partial charge in [0.2, 0.25) is 5.28 Å². The van der Waals surface area contributed by atoms with Crippen LogP contribution in [0.4, 0.5) is 0 Å². The Morgan fingerprint density at radius 3 is 2.53 bits per heavy atom. The van der Waals surface area contributed by atoms with Crippen molar-refractivity contribution in [2.45, 2.75) is 13.8 Å². The smallest absolute Gasteiger partial charge is 0.222 e. The Morgan fingerprint density at radius 1 is 1.40 bits per heavy atom. The number of halogens is 1. The third-order valence-corrected chi connectivity index (χ3v) is 1.62. The third-order valence-electron chi connectivity index (χ3n) is 1.44. The van der Waals surface area contributed by atoms with Crippen molar-refractivity contribution in [3.8, 4) is 0 Å². The van der Waals surface area contributed by atoms with E-state index in [1.165, 1.54) is 0 Å². The first-order valence-electron chi connectivity index (χ1n) is 4.72. The molecule has 0 aliphatic rings. The topological polar surface area (TPSA) is 25.8 Å². The Morgan fingerprint density at radius 2 is 2.07 bits per heavy atom. The van der Waals surface area contributed by atoms with E-state index in [2.05, 4.69) is 23.1 Å². The maximum Gasteiger partial charge on any atom is 0.222 e. The number of allylic oxidation sites excluding steroid dienone is 4. The van der Waals surface area contributed by atoms with Crippen LogP contribution in [0, 0.1) is 0 Å². The highest BCUT2D eigenvalue weighted by atomic mass is 35.5. The summed E-state index contributed by atoms with van der Waals surface area (Å²) in [6, 6.07) is 1.77. The molecule has 0 unspecified atom stereocenters. The van der Waals surface area contributed by atoms with Crippen molar-refractivity contribution in [3.63, 3.8) is 0 Å². The molecule has 2 nitrogen and oxygen atoms in total. The van der Waals surface area contributed by atoms with Gasteiger partial charge in [-0.1, -0.05) is 45.2 Å². The summed E-state index contributed by atoms with van der Waals surface area (Å²) >= 11 is 5.64. The summed E-state index contributed by atoms with van der Waals surface area (Å²) in [6.45, 7) is 11.3. The van der Waals surface area contributed by atoms with E-state index in [0.29, 0.717) is 0 Å². The molecule has 1 heterocycles. The lowest BCUT2D eigenvalue weighted by molar-refractivity contribution is 1.14. The summed E-state index contributed by atoms with van der Waals surface area (Å²) in [7, 11) is 0. The second kappa shape index (κ2) is 7.94. The lowest BCUT2D eigenvalue weighted by Crippen LogP contribution is -1.88. The van der Waals surface area contributed by atoms with E-state index in [1.54, 1.807) is 24.4 Å². The predicted molar refractivity (Wildman–Crippen MR) is 66.8 cm³/mol. The van der Waals surface area contributed by atoms with Crippen LogP contribution in [-0.2, 0) is 0 Å². The van der Waals surface area contributed by atoms with E-state index in [1.807, 2.05) is 19.9 Å². The first kappa shape index (κ1) is 13.6. The highest BCUT2D eigenvalue weighted by Crippen LogP contribution is 2.13. The van der Waals surface area contributed by atoms with Crippen molar-refractivity contribution in [1.29, 1.82) is 0 Å². The summed E-state index contributed by atoms with van der Waals surface area (Å²) in [5.74, 6) is 0. The molecule has 0 amide bonds. The summed E-state index contributed by atoms with van der Waals surface area (Å²) in [5.41, 5.74) is 1.62. The van der Waals surface area contributed by atoms with Crippen molar-refractivity contribution < 1.29 is 0 Å². The molecule has 1 aromatic heterocycles. The third kappa shape index (κ3) is 4.56. The van der Waals surface area contributed by atoms with Crippen molar-refractivity contribution in [3.05, 3.63) is 54.6 Å². The van der Waals surface area contributed by atoms with Crippen molar-refractivity contribution in [1.82, 2.24) is 9.97 Å². The quantitative estimate of drug-likeness (QED) is 0.573. The normalized spacial score (nSPS) is 9.93. The fourth-order valence-electron chi connectivity index (χ4n) is 0.881. The van der Waals surface area contributed by atoms with Gasteiger partial charge in [-0.15, -0.1) is 0 Å². The molecule has 0 aliphatic carbocycles. The van der Waals surface area contributed by atoms with Crippen molar-refractivity contribution in [2.24, 2.45) is 0 Å². The molecule has 1 rings (SSSR count). The van der Waals surface area contributed by atoms with Crippen LogP contribution in [0.2, 0.25) is 5.28 Å². The van der Waals surface area contributed by atoms with Crippen molar-refractivity contribution >= 4 is 17.2 Å². The van der Waals surface area contributed by atoms with Gasteiger partial charge < -0.3 is 0 Å². The second-order valence-electron chi connectivity index (χ2n) is 2.27. The summed E-state index contributed by atoms with van der Waals surface area (Å²) < 4.78 is 0. The SMILES string of the molecule is C=C/C=C(\C=C)c1ccnc(Cl)n1.CC. The molecule has 0 atom stereocenters. The van der Waals surface area contributed by atoms with Gasteiger partial charge in [-0.25, -0.2) is 9.97 Å². The second-order valence-corrected chi connectivity index (χ2v) is 2.61. The minimum atomic E-state index is 0.231. The monoisotopic (exact) mass is 222 g/mol. The van der Waals surface area contributed by atoms with E-state index in [-0.39, 0.29) is 5.28 Å². The van der Waals surface area contributed by atoms with Crippen LogP contribution in [-0.4, -0.2) is 9.97 Å². The molecule has 1 aromatic rings. The fourth-order valence-corrected chi connectivity index (χ4v) is 1.03. The van der Waals surface area contributed by atoms with Crippen LogP contribution in [0.5, 0.6) is 0 Å². The summed E-state index contributed by atoms with van der Waals surface area (Å²) in [6.07, 6.45) is 6.78. The molecule has 0 spiro atoms. The van der Waals surface area contributed by atoms with E-state index < -0.39 is 0 Å². The minimum Gasteiger partial charge on any atom is -0.226 e. The van der Waals surface area contributed by atoms with Gasteiger partial charge in [0, 0.05) is 6.20 Å². The zero-order valence-corrected chi connectivity index (χ0v) is 9.83. The van der Waals surface area contributed by atoms with Gasteiger partial charge in [0.25, 0.3) is 0 Å². The summed E-state index contributed by atoms with van der Waals surface area (Å²) in [5, 5.41) is 0.231. The van der Waals surface area contributed by atoms with Gasteiger partial charge in [-0.05, 0) is 23.2 Å². The van der Waals surface area contributed by atoms with E-state index in [4.69, 9.17) is 11.6 Å². The molecule has 15 heavy (non-hydrogen) atoms. The molecule has 0 saturated heterocycles. The minimum absolute atomic E-state index is 0.231. The number of hydrogen-bond acceptors (Lipinski definition) is 2. The fraction of sp³-hybridized carbons (Fsp3) is 0.167. The highest BCUT2D eigenvalue weighted by molar-refractivity contribution is 6.28. The molecule has 0 aliphatic heterocycles. The average Bonchev–Trinajstić information content (AvgIpc) is 2.28. The molecule has 0 bridgehead atoms. The van der Waals surface area contributed by atoms with E-state index >= 15 is 0 Å². The Kier molecular flexibility index (Phi) is 7.20. The largest absolute Gasteiger partial charge is 0.226 e. The maximum absolute atomic E-state index is 5.64. The van der Waals surface area contributed by atoms with Gasteiger partial charge in [0.1, 0.15) is 0 Å². The standard InChI is InChI=1S/C10H9ClN2.C2H6/c1-3-5-8(4-2)9-6-7-12-10(11)13-9;1-2/h3-7H,1-2H2;1-2H3/b8-5+;. The molecular formula is C12H15ClN2. The Balaban J connectivity index is 0.000000921. The molecule has 0 fully saturated rings. The Hall–Kier alpha value is -1.41. The zero-order valence-electron chi connectivity index (χ0n) is 9.07. The van der Waals surface area contributed by atoms with Crippen molar-refractivity contribution in [2.75, 3.05) is 0 Å². The number of nitrogens with zero attached hydrogens (tertiary/aromatic N) is 2. The van der Waals surface area contributed by atoms with E-state index in [0.717, 1.165) is 11.3 Å². The molecule has 0 radical (unpaired) electrons. The Bertz CT molecular complexity index is 356. The van der Waals surface area contributed by atoms with Crippen LogP contribution in [0.25, 0.3) is 5.57 Å². The van der Waals surface area contributed by atoms with Crippen LogP contribution < -0.4 is 0 Å². The van der Waals surface area contributed by atoms with Gasteiger partial charge in [-0.3, -0.25) is 0 Å². The molecular weight excluding hydrogens is 208 g/mol. The lowest BCUT2D eigenvalue weighted by Gasteiger charge is -1.99. The molecule has 80 valence electrons. The first-order valence-corrected chi connectivity index (χ1v) is 5.10. The van der Waals surface area contributed by atoms with Gasteiger partial charge in [0.05, 0.1) is 5.69 Å². The predicted octanol–water partition coefficient (Wildman–Crippen LogP) is 3.91.